The molecule has 1 fully saturated rings. The molecule has 0 saturated heterocycles. The molecule has 4 aromatic rings. The van der Waals surface area contributed by atoms with Crippen molar-refractivity contribution >= 4 is 17.3 Å². The predicted molar refractivity (Wildman–Crippen MR) is 124 cm³/mol. The molecule has 0 aliphatic heterocycles. The normalized spacial score (nSPS) is 17.0. The number of rotatable bonds is 7. The minimum atomic E-state index is -2.80. The molecule has 184 valence electrons. The molecule has 1 saturated carbocycles. The molecule has 0 atom stereocenters. The number of ether oxygens (including phenoxy) is 1. The molecule has 1 aliphatic rings. The highest BCUT2D eigenvalue weighted by molar-refractivity contribution is 5.79. The van der Waals surface area contributed by atoms with Gasteiger partial charge in [-0.15, -0.1) is 5.10 Å². The van der Waals surface area contributed by atoms with Gasteiger partial charge in [0.05, 0.1) is 42.0 Å². The van der Waals surface area contributed by atoms with E-state index in [4.69, 9.17) is 5.26 Å². The van der Waals surface area contributed by atoms with Crippen molar-refractivity contribution in [1.29, 1.82) is 5.26 Å². The number of hydrogen-bond donors (Lipinski definition) is 2. The Bertz CT molecular complexity index is 1450. The topological polar surface area (TPSA) is 135 Å². The van der Waals surface area contributed by atoms with Gasteiger partial charge in [0, 0.05) is 30.0 Å². The summed E-state index contributed by atoms with van der Waals surface area (Å²) in [7, 11) is 1.32. The van der Waals surface area contributed by atoms with Crippen LogP contribution < -0.4 is 10.6 Å². The van der Waals surface area contributed by atoms with Gasteiger partial charge < -0.3 is 15.4 Å². The van der Waals surface area contributed by atoms with Gasteiger partial charge in [0.25, 0.3) is 0 Å². The monoisotopic (exact) mass is 493 g/mol. The van der Waals surface area contributed by atoms with Crippen molar-refractivity contribution in [3.05, 3.63) is 48.4 Å². The molecule has 4 heterocycles. The van der Waals surface area contributed by atoms with E-state index in [1.54, 1.807) is 16.8 Å². The molecule has 0 spiro atoms. The summed E-state index contributed by atoms with van der Waals surface area (Å²) in [6.45, 7) is -2.30. The Kier molecular flexibility index (Phi) is 6.16. The zero-order chi connectivity index (χ0) is 25.2. The summed E-state index contributed by atoms with van der Waals surface area (Å²) in [6.07, 6.45) is 5.35. The molecule has 13 heteroatoms. The second kappa shape index (κ2) is 9.57. The summed E-state index contributed by atoms with van der Waals surface area (Å²) in [5.74, 6) is 0.291. The average molecular weight is 493 g/mol. The number of alkyl halides is 2. The van der Waals surface area contributed by atoms with Crippen LogP contribution in [-0.4, -0.2) is 55.4 Å². The van der Waals surface area contributed by atoms with Crippen LogP contribution in [0.3, 0.4) is 0 Å². The van der Waals surface area contributed by atoms with Gasteiger partial charge in [-0.1, -0.05) is 5.21 Å². The first-order valence-electron chi connectivity index (χ1n) is 11.1. The van der Waals surface area contributed by atoms with Gasteiger partial charge in [-0.25, -0.2) is 9.31 Å². The van der Waals surface area contributed by atoms with E-state index in [0.29, 0.717) is 45.3 Å². The average Bonchev–Trinajstić information content (AvgIpc) is 3.52. The number of hydrogen-bond acceptors (Lipinski definition) is 8. The van der Waals surface area contributed by atoms with Gasteiger partial charge in [0.1, 0.15) is 11.8 Å². The van der Waals surface area contributed by atoms with Gasteiger partial charge in [0.2, 0.25) is 0 Å². The molecule has 0 bridgehead atoms. The fraction of sp³-hybridized carbons (Fsp3) is 0.304. The summed E-state index contributed by atoms with van der Waals surface area (Å²) in [5, 5.41) is 27.0. The van der Waals surface area contributed by atoms with Crippen molar-refractivity contribution in [2.75, 3.05) is 19.0 Å². The van der Waals surface area contributed by atoms with Crippen LogP contribution >= 0.6 is 0 Å². The van der Waals surface area contributed by atoms with Crippen LogP contribution in [0.5, 0.6) is 0 Å². The first-order chi connectivity index (χ1) is 17.4. The Morgan fingerprint density at radius 1 is 1.28 bits per heavy atom. The third-order valence-corrected chi connectivity index (χ3v) is 6.10. The number of amides is 1. The molecule has 0 unspecified atom stereocenters. The third-order valence-electron chi connectivity index (χ3n) is 6.10. The Hall–Kier alpha value is -4.60. The smallest absolute Gasteiger partial charge is 0.406 e. The number of nitrogens with zero attached hydrogens (tertiary/aromatic N) is 7. The highest BCUT2D eigenvalue weighted by atomic mass is 19.3. The molecule has 1 amide bonds. The van der Waals surface area contributed by atoms with E-state index < -0.39 is 12.6 Å². The van der Waals surface area contributed by atoms with Gasteiger partial charge >= 0.3 is 12.6 Å². The number of nitriles is 1. The van der Waals surface area contributed by atoms with Crippen molar-refractivity contribution in [3.63, 3.8) is 0 Å². The second-order valence-corrected chi connectivity index (χ2v) is 8.44. The van der Waals surface area contributed by atoms with Crippen molar-refractivity contribution in [3.8, 4) is 28.7 Å². The van der Waals surface area contributed by atoms with E-state index in [1.807, 2.05) is 18.2 Å². The molecule has 36 heavy (non-hydrogen) atoms. The Morgan fingerprint density at radius 3 is 2.83 bits per heavy atom. The highest BCUT2D eigenvalue weighted by Gasteiger charge is 2.30. The maximum absolute atomic E-state index is 13.1. The molecular formula is C23H21F2N9O2. The number of carbonyl (C=O) groups is 1. The van der Waals surface area contributed by atoms with E-state index in [0.717, 1.165) is 18.4 Å². The van der Waals surface area contributed by atoms with Crippen LogP contribution in [0.2, 0.25) is 0 Å². The molecule has 11 nitrogen and oxygen atoms in total. The van der Waals surface area contributed by atoms with Gasteiger partial charge in [-0.3, -0.25) is 4.98 Å². The molecule has 0 radical (unpaired) electrons. The minimum absolute atomic E-state index is 0.106. The number of aromatic nitrogens is 6. The second-order valence-electron chi connectivity index (χ2n) is 8.44. The number of halogens is 2. The first kappa shape index (κ1) is 23.2. The summed E-state index contributed by atoms with van der Waals surface area (Å²) in [4.78, 5) is 15.8. The van der Waals surface area contributed by atoms with Crippen molar-refractivity contribution in [2.24, 2.45) is 5.92 Å². The summed E-state index contributed by atoms with van der Waals surface area (Å²) >= 11 is 0. The quantitative estimate of drug-likeness (QED) is 0.400. The molecule has 1 aliphatic carbocycles. The lowest BCUT2D eigenvalue weighted by atomic mass is 9.80. The van der Waals surface area contributed by atoms with Crippen LogP contribution in [0.4, 0.5) is 19.3 Å². The Labute approximate surface area is 203 Å². The number of nitrogens with one attached hydrogen (secondary N) is 2. The maximum Gasteiger partial charge on any atom is 0.406 e. The lowest BCUT2D eigenvalue weighted by Crippen LogP contribution is -2.42. The van der Waals surface area contributed by atoms with Gasteiger partial charge in [0.15, 0.2) is 0 Å². The zero-order valence-electron chi connectivity index (χ0n) is 19.1. The number of alkyl carbamates (subject to hydrolysis) is 1. The Morgan fingerprint density at radius 2 is 2.11 bits per heavy atom. The van der Waals surface area contributed by atoms with Gasteiger partial charge in [-0.2, -0.15) is 23.8 Å². The number of methoxy groups -OCH3 is 1. The van der Waals surface area contributed by atoms with Crippen LogP contribution in [0.25, 0.3) is 28.2 Å². The lowest BCUT2D eigenvalue weighted by Gasteiger charge is -2.36. The SMILES string of the molecule is COC(=O)NCC1CC(Nc2cc(-c3ccc4cc(C#N)cnn34)ncc2-c2cn(C(F)F)nn2)C1. The third kappa shape index (κ3) is 4.52. The molecule has 2 N–H and O–H groups in total. The largest absolute Gasteiger partial charge is 0.453 e. The highest BCUT2D eigenvalue weighted by Crippen LogP contribution is 2.35. The minimum Gasteiger partial charge on any atom is -0.453 e. The molecule has 0 aromatic carbocycles. The van der Waals surface area contributed by atoms with Gasteiger partial charge in [-0.05, 0) is 43.0 Å². The van der Waals surface area contributed by atoms with E-state index in [1.165, 1.54) is 19.5 Å². The number of pyridine rings is 1. The number of anilines is 1. The first-order valence-corrected chi connectivity index (χ1v) is 11.1. The van der Waals surface area contributed by atoms with Crippen LogP contribution in [0, 0.1) is 17.2 Å². The van der Waals surface area contributed by atoms with E-state index in [-0.39, 0.29) is 11.7 Å². The zero-order valence-corrected chi connectivity index (χ0v) is 19.1. The summed E-state index contributed by atoms with van der Waals surface area (Å²) < 4.78 is 32.9. The van der Waals surface area contributed by atoms with E-state index in [2.05, 4.69) is 41.8 Å². The predicted octanol–water partition coefficient (Wildman–Crippen LogP) is 3.47. The Balaban J connectivity index is 1.44. The number of carbonyl (C=O) groups excluding carboxylic acids is 1. The number of fused-ring (bicyclic) bond motifs is 1. The maximum atomic E-state index is 13.1. The van der Waals surface area contributed by atoms with Crippen molar-refractivity contribution in [2.45, 2.75) is 25.4 Å². The van der Waals surface area contributed by atoms with E-state index >= 15 is 0 Å². The van der Waals surface area contributed by atoms with Crippen molar-refractivity contribution < 1.29 is 18.3 Å². The fourth-order valence-electron chi connectivity index (χ4n) is 4.21. The fourth-order valence-corrected chi connectivity index (χ4v) is 4.21. The van der Waals surface area contributed by atoms with Crippen LogP contribution in [0.1, 0.15) is 25.0 Å². The lowest BCUT2D eigenvalue weighted by molar-refractivity contribution is 0.0546. The van der Waals surface area contributed by atoms with Crippen LogP contribution in [-0.2, 0) is 4.74 Å². The summed E-state index contributed by atoms with van der Waals surface area (Å²) in [6, 6.07) is 9.40. The van der Waals surface area contributed by atoms with E-state index in [9.17, 15) is 13.6 Å². The van der Waals surface area contributed by atoms with Crippen molar-refractivity contribution in [1.82, 2.24) is 34.9 Å². The molecular weight excluding hydrogens is 472 g/mol. The standard InChI is InChI=1S/C23H21F2N9O2/c1-36-23(35)28-9-13-4-15(5-13)30-18-7-19(21-3-2-16-6-14(8-26)10-29-34(16)21)27-11-17(18)20-12-33(22(24)25)32-31-20/h2-3,6-7,10-13,15,22H,4-5,9H2,1H3,(H,27,30)(H,28,35). The summed E-state index contributed by atoms with van der Waals surface area (Å²) in [5.41, 5.74) is 3.94. The molecule has 4 aromatic heterocycles. The molecule has 5 rings (SSSR count). The van der Waals surface area contributed by atoms with Crippen LogP contribution in [0.15, 0.2) is 42.9 Å².